The second-order valence-electron chi connectivity index (χ2n) is 11.4. The molecular weight excluding hydrogens is 576 g/mol. The quantitative estimate of drug-likeness (QED) is 0.159. The molecule has 8 heteroatoms. The zero-order chi connectivity index (χ0) is 33.2. The van der Waals surface area contributed by atoms with Gasteiger partial charge >= 0.3 is 0 Å². The van der Waals surface area contributed by atoms with Gasteiger partial charge in [0.15, 0.2) is 0 Å². The smallest absolute Gasteiger partial charge is 0.216 e. The van der Waals surface area contributed by atoms with Crippen LogP contribution < -0.4 is 14.8 Å². The summed E-state index contributed by atoms with van der Waals surface area (Å²) < 4.78 is 12.8. The predicted octanol–water partition coefficient (Wildman–Crippen LogP) is 7.47. The van der Waals surface area contributed by atoms with Crippen LogP contribution in [0.5, 0.6) is 17.2 Å². The third-order valence-electron chi connectivity index (χ3n) is 8.00. The molecule has 0 saturated heterocycles. The standard InChI is InChI=1S/C23H27N3O2.C15H17NO2/c1-6-15(2)13-23-25-24-17(4)26(23)22-12-11-20(28-5)14-21(22)16(3)18-7-9-19(27)10-8-18;1-11(17)16-8-7-12-3-4-13-5-6-15(18-2)10-14(13)9-12/h7-12,14-15,27H,3,6,13H2,1-2,4-5H3;3-6,9-10H,7-8H2,1-2H3,(H,16,17). The number of methoxy groups -OCH3 is 2. The van der Waals surface area contributed by atoms with Crippen LogP contribution in [-0.2, 0) is 17.6 Å². The number of phenols is 1. The molecular formula is C38H44N4O4. The molecule has 1 atom stereocenters. The average molecular weight is 621 g/mol. The number of carbonyl (C=O) groups excluding carboxylic acids is 1. The van der Waals surface area contributed by atoms with E-state index in [0.29, 0.717) is 12.5 Å². The Hall–Kier alpha value is -5.11. The van der Waals surface area contributed by atoms with Crippen LogP contribution in [0.1, 0.15) is 55.5 Å². The number of rotatable bonds is 11. The van der Waals surface area contributed by atoms with E-state index in [1.807, 2.05) is 55.5 Å². The summed E-state index contributed by atoms with van der Waals surface area (Å²) in [6.45, 7) is 12.9. The molecule has 0 bridgehead atoms. The lowest BCUT2D eigenvalue weighted by molar-refractivity contribution is -0.118. The third-order valence-corrected chi connectivity index (χ3v) is 8.00. The highest BCUT2D eigenvalue weighted by Gasteiger charge is 2.18. The molecule has 0 aliphatic heterocycles. The Balaban J connectivity index is 0.000000230. The van der Waals surface area contributed by atoms with Crippen molar-refractivity contribution in [2.45, 2.75) is 47.0 Å². The molecule has 5 aromatic rings. The number of carbonyl (C=O) groups is 1. The number of aromatic nitrogens is 3. The molecule has 240 valence electrons. The normalized spacial score (nSPS) is 11.3. The number of hydrogen-bond donors (Lipinski definition) is 2. The highest BCUT2D eigenvalue weighted by atomic mass is 16.5. The van der Waals surface area contributed by atoms with E-state index in [2.05, 4.69) is 58.7 Å². The van der Waals surface area contributed by atoms with Crippen LogP contribution in [0.15, 0.2) is 85.4 Å². The minimum Gasteiger partial charge on any atom is -0.508 e. The van der Waals surface area contributed by atoms with Crippen molar-refractivity contribution >= 4 is 22.3 Å². The number of hydrogen-bond acceptors (Lipinski definition) is 6. The van der Waals surface area contributed by atoms with Crippen LogP contribution in [0, 0.1) is 12.8 Å². The van der Waals surface area contributed by atoms with Crippen molar-refractivity contribution in [3.05, 3.63) is 114 Å². The summed E-state index contributed by atoms with van der Waals surface area (Å²) in [5.41, 5.74) is 4.90. The van der Waals surface area contributed by atoms with E-state index in [0.717, 1.165) is 70.2 Å². The lowest BCUT2D eigenvalue weighted by Crippen LogP contribution is -2.22. The summed E-state index contributed by atoms with van der Waals surface area (Å²) in [6.07, 6.45) is 2.78. The number of phenolic OH excluding ortho intramolecular Hbond substituents is 1. The molecule has 1 unspecified atom stereocenters. The monoisotopic (exact) mass is 620 g/mol. The third kappa shape index (κ3) is 8.53. The van der Waals surface area contributed by atoms with E-state index in [1.165, 1.54) is 17.9 Å². The van der Waals surface area contributed by atoms with Crippen LogP contribution in [0.3, 0.4) is 0 Å². The summed E-state index contributed by atoms with van der Waals surface area (Å²) in [5, 5.41) is 23.5. The van der Waals surface area contributed by atoms with Gasteiger partial charge in [0.25, 0.3) is 0 Å². The Morgan fingerprint density at radius 1 is 0.935 bits per heavy atom. The lowest BCUT2D eigenvalue weighted by atomic mass is 9.97. The summed E-state index contributed by atoms with van der Waals surface area (Å²) >= 11 is 0. The van der Waals surface area contributed by atoms with E-state index in [4.69, 9.17) is 9.47 Å². The van der Waals surface area contributed by atoms with E-state index in [-0.39, 0.29) is 11.7 Å². The Labute approximate surface area is 271 Å². The van der Waals surface area contributed by atoms with Crippen molar-refractivity contribution in [2.24, 2.45) is 5.92 Å². The van der Waals surface area contributed by atoms with Gasteiger partial charge in [0.2, 0.25) is 5.91 Å². The van der Waals surface area contributed by atoms with Gasteiger partial charge in [-0.05, 0) is 89.2 Å². The molecule has 1 heterocycles. The Bertz CT molecular complexity index is 1790. The number of nitrogens with one attached hydrogen (secondary N) is 1. The van der Waals surface area contributed by atoms with Gasteiger partial charge in [-0.15, -0.1) is 10.2 Å². The van der Waals surface area contributed by atoms with Crippen molar-refractivity contribution in [3.63, 3.8) is 0 Å². The van der Waals surface area contributed by atoms with Crippen molar-refractivity contribution in [3.8, 4) is 22.9 Å². The van der Waals surface area contributed by atoms with Gasteiger partial charge < -0.3 is 19.9 Å². The van der Waals surface area contributed by atoms with Gasteiger partial charge in [-0.1, -0.05) is 63.2 Å². The lowest BCUT2D eigenvalue weighted by Gasteiger charge is -2.18. The van der Waals surface area contributed by atoms with E-state index in [9.17, 15) is 9.90 Å². The largest absolute Gasteiger partial charge is 0.508 e. The van der Waals surface area contributed by atoms with Crippen LogP contribution in [0.2, 0.25) is 0 Å². The second-order valence-corrected chi connectivity index (χ2v) is 11.4. The van der Waals surface area contributed by atoms with Crippen LogP contribution in [0.4, 0.5) is 0 Å². The van der Waals surface area contributed by atoms with Gasteiger partial charge in [0.05, 0.1) is 19.9 Å². The number of fused-ring (bicyclic) bond motifs is 1. The number of benzene rings is 4. The van der Waals surface area contributed by atoms with Gasteiger partial charge in [0, 0.05) is 25.5 Å². The fourth-order valence-corrected chi connectivity index (χ4v) is 5.14. The first kappa shape index (κ1) is 33.8. The van der Waals surface area contributed by atoms with E-state index in [1.54, 1.807) is 26.4 Å². The topological polar surface area (TPSA) is 98.5 Å². The molecule has 0 aliphatic carbocycles. The second kappa shape index (κ2) is 15.8. The fraction of sp³-hybridized carbons (Fsp3) is 0.289. The Morgan fingerprint density at radius 3 is 2.28 bits per heavy atom. The molecule has 0 saturated carbocycles. The number of amides is 1. The molecule has 8 nitrogen and oxygen atoms in total. The van der Waals surface area contributed by atoms with Crippen molar-refractivity contribution in [1.29, 1.82) is 0 Å². The van der Waals surface area contributed by atoms with E-state index >= 15 is 0 Å². The number of aryl methyl sites for hydroxylation is 1. The minimum absolute atomic E-state index is 0.0115. The van der Waals surface area contributed by atoms with Gasteiger partial charge in [-0.2, -0.15) is 0 Å². The number of aromatic hydroxyl groups is 1. The maximum Gasteiger partial charge on any atom is 0.216 e. The number of ether oxygens (including phenoxy) is 2. The zero-order valence-electron chi connectivity index (χ0n) is 27.6. The summed E-state index contributed by atoms with van der Waals surface area (Å²) in [6, 6.07) is 25.4. The first-order valence-corrected chi connectivity index (χ1v) is 15.5. The van der Waals surface area contributed by atoms with Crippen LogP contribution in [0.25, 0.3) is 22.0 Å². The summed E-state index contributed by atoms with van der Waals surface area (Å²) in [4.78, 5) is 10.8. The maximum absolute atomic E-state index is 10.8. The Morgan fingerprint density at radius 2 is 1.61 bits per heavy atom. The Kier molecular flexibility index (Phi) is 11.6. The molecule has 0 aliphatic rings. The molecule has 2 N–H and O–H groups in total. The first-order chi connectivity index (χ1) is 22.1. The van der Waals surface area contributed by atoms with Crippen LogP contribution in [-0.4, -0.2) is 46.5 Å². The van der Waals surface area contributed by atoms with Gasteiger partial charge in [-0.25, -0.2) is 0 Å². The summed E-state index contributed by atoms with van der Waals surface area (Å²) in [5.74, 6) is 4.16. The molecule has 0 fully saturated rings. The van der Waals surface area contributed by atoms with Crippen LogP contribution >= 0.6 is 0 Å². The molecule has 0 radical (unpaired) electrons. The zero-order valence-corrected chi connectivity index (χ0v) is 27.6. The molecule has 1 aromatic heterocycles. The van der Waals surface area contributed by atoms with Gasteiger partial charge in [-0.3, -0.25) is 9.36 Å². The number of nitrogens with zero attached hydrogens (tertiary/aromatic N) is 3. The first-order valence-electron chi connectivity index (χ1n) is 15.5. The highest BCUT2D eigenvalue weighted by molar-refractivity contribution is 5.85. The molecule has 0 spiro atoms. The minimum atomic E-state index is 0.0115. The van der Waals surface area contributed by atoms with Crippen molar-refractivity contribution in [2.75, 3.05) is 20.8 Å². The maximum atomic E-state index is 10.8. The average Bonchev–Trinajstić information content (AvgIpc) is 3.42. The molecule has 4 aromatic carbocycles. The SMILES string of the molecule is C=C(c1ccc(O)cc1)c1cc(OC)ccc1-n1c(C)nnc1CC(C)CC.COc1ccc2ccc(CCNC(C)=O)cc2c1. The van der Waals surface area contributed by atoms with Crippen molar-refractivity contribution in [1.82, 2.24) is 20.1 Å². The van der Waals surface area contributed by atoms with Gasteiger partial charge in [0.1, 0.15) is 28.9 Å². The highest BCUT2D eigenvalue weighted by Crippen LogP contribution is 2.33. The fourth-order valence-electron chi connectivity index (χ4n) is 5.14. The van der Waals surface area contributed by atoms with Crippen molar-refractivity contribution < 1.29 is 19.4 Å². The predicted molar refractivity (Wildman–Crippen MR) is 185 cm³/mol. The molecule has 5 rings (SSSR count). The van der Waals surface area contributed by atoms with E-state index < -0.39 is 0 Å². The molecule has 1 amide bonds. The molecule has 46 heavy (non-hydrogen) atoms. The summed E-state index contributed by atoms with van der Waals surface area (Å²) in [7, 11) is 3.32.